The van der Waals surface area contributed by atoms with Crippen molar-refractivity contribution in [2.75, 3.05) is 9.80 Å². The van der Waals surface area contributed by atoms with Crippen LogP contribution in [0.1, 0.15) is 26.7 Å². The summed E-state index contributed by atoms with van der Waals surface area (Å²) >= 11 is 1.89. The first-order valence-corrected chi connectivity index (χ1v) is 17.2. The number of ether oxygens (including phenoxy) is 1. The molecule has 230 valence electrons. The normalized spacial score (nSPS) is 28.1. The van der Waals surface area contributed by atoms with E-state index in [0.717, 1.165) is 35.7 Å². The van der Waals surface area contributed by atoms with Crippen LogP contribution in [-0.2, 0) is 0 Å². The summed E-state index contributed by atoms with van der Waals surface area (Å²) in [5.41, 5.74) is 7.51. The van der Waals surface area contributed by atoms with Gasteiger partial charge in [-0.3, -0.25) is 0 Å². The van der Waals surface area contributed by atoms with Gasteiger partial charge in [0.2, 0.25) is 0 Å². The van der Waals surface area contributed by atoms with E-state index < -0.39 is 0 Å². The number of nitrogens with zero attached hydrogens (tertiary/aromatic N) is 4. The minimum atomic E-state index is 0.124. The number of para-hydroxylation sites is 6. The van der Waals surface area contributed by atoms with Crippen LogP contribution in [0, 0.1) is 0 Å². The highest BCUT2D eigenvalue weighted by molar-refractivity contribution is 7.99. The van der Waals surface area contributed by atoms with Crippen LogP contribution < -0.4 is 25.2 Å². The average molecular weight is 625 g/mol. The third-order valence-electron chi connectivity index (χ3n) is 10.8. The van der Waals surface area contributed by atoms with Crippen LogP contribution in [0.3, 0.4) is 0 Å². The molecule has 0 radical (unpaired) electrons. The van der Waals surface area contributed by atoms with Crippen molar-refractivity contribution in [3.05, 3.63) is 121 Å². The number of piperazine rings is 1. The Morgan fingerprint density at radius 3 is 1.48 bits per heavy atom. The number of nitrogens with one attached hydrogen (secondary N) is 2. The van der Waals surface area contributed by atoms with Gasteiger partial charge in [0.25, 0.3) is 0 Å². The lowest BCUT2D eigenvalue weighted by molar-refractivity contribution is -0.0552. The molecule has 1 aliphatic carbocycles. The third kappa shape index (κ3) is 3.62. The zero-order valence-corrected chi connectivity index (χ0v) is 26.7. The van der Waals surface area contributed by atoms with Crippen molar-refractivity contribution in [3.8, 4) is 11.5 Å². The molecule has 2 N–H and O–H groups in total. The lowest BCUT2D eigenvalue weighted by atomic mass is 9.75. The molecule has 6 unspecified atom stereocenters. The summed E-state index contributed by atoms with van der Waals surface area (Å²) in [6.45, 7) is 4.56. The van der Waals surface area contributed by atoms with E-state index in [1.807, 2.05) is 11.8 Å². The molecule has 0 spiro atoms. The molecular weight excluding hydrogens is 589 g/mol. The molecule has 0 aromatic heterocycles. The number of hydrogen-bond acceptors (Lipinski definition) is 8. The molecule has 1 saturated carbocycles. The van der Waals surface area contributed by atoms with Crippen molar-refractivity contribution in [3.63, 3.8) is 0 Å². The van der Waals surface area contributed by atoms with Crippen molar-refractivity contribution < 1.29 is 4.74 Å². The summed E-state index contributed by atoms with van der Waals surface area (Å²) in [5, 5.41) is 7.58. The summed E-state index contributed by atoms with van der Waals surface area (Å²) in [4.78, 5) is 13.4. The number of anilines is 4. The summed E-state index contributed by atoms with van der Waals surface area (Å²) in [7, 11) is 0. The van der Waals surface area contributed by atoms with Crippen LogP contribution >= 0.6 is 11.8 Å². The average Bonchev–Trinajstić information content (AvgIpc) is 3.68. The topological polar surface area (TPSA) is 46.3 Å². The molecule has 10 rings (SSSR count). The molecule has 6 aliphatic rings. The van der Waals surface area contributed by atoms with Crippen molar-refractivity contribution in [1.29, 1.82) is 0 Å². The van der Waals surface area contributed by atoms with Gasteiger partial charge in [-0.2, -0.15) is 0 Å². The maximum atomic E-state index is 6.50. The highest BCUT2D eigenvalue weighted by Gasteiger charge is 2.60. The molecule has 7 nitrogen and oxygen atoms in total. The van der Waals surface area contributed by atoms with Gasteiger partial charge in [0.15, 0.2) is 11.5 Å². The zero-order chi connectivity index (χ0) is 30.5. The molecule has 6 atom stereocenters. The van der Waals surface area contributed by atoms with Gasteiger partial charge >= 0.3 is 0 Å². The fourth-order valence-corrected chi connectivity index (χ4v) is 10.1. The molecule has 5 aliphatic heterocycles. The summed E-state index contributed by atoms with van der Waals surface area (Å²) in [5.74, 6) is 1.85. The standard InChI is InChI=1S/C38H36N6OS/c1-23-21-39-37-38-40-22-24(2)42(38)36-30(44-27-13-5-9-17-33(27)46-34-18-10-6-14-28(34)44)20-19-29(35(36)41(23)37)43-25-11-3-7-15-31(25)45-32-16-8-4-12-26(32)43/h3-18,21-22,29-30,35-40H,19-20H2,1-2H3. The monoisotopic (exact) mass is 624 g/mol. The zero-order valence-electron chi connectivity index (χ0n) is 25.9. The number of allylic oxidation sites excluding steroid dienone is 2. The number of benzene rings is 4. The second kappa shape index (κ2) is 9.90. The van der Waals surface area contributed by atoms with Gasteiger partial charge in [-0.25, -0.2) is 0 Å². The molecular formula is C38H36N6OS. The first-order valence-electron chi connectivity index (χ1n) is 16.4. The van der Waals surface area contributed by atoms with E-state index in [1.54, 1.807) is 0 Å². The van der Waals surface area contributed by atoms with E-state index in [1.165, 1.54) is 32.6 Å². The van der Waals surface area contributed by atoms with E-state index in [9.17, 15) is 0 Å². The van der Waals surface area contributed by atoms with Crippen molar-refractivity contribution >= 4 is 34.5 Å². The molecule has 0 amide bonds. The van der Waals surface area contributed by atoms with Gasteiger partial charge in [-0.15, -0.1) is 0 Å². The molecule has 46 heavy (non-hydrogen) atoms. The molecule has 1 saturated heterocycles. The van der Waals surface area contributed by atoms with Crippen LogP contribution in [-0.4, -0.2) is 46.3 Å². The fraction of sp³-hybridized carbons (Fsp3) is 0.263. The van der Waals surface area contributed by atoms with E-state index in [0.29, 0.717) is 0 Å². The van der Waals surface area contributed by atoms with Gasteiger partial charge in [-0.1, -0.05) is 60.3 Å². The Labute approximate surface area is 274 Å². The van der Waals surface area contributed by atoms with Crippen LogP contribution in [0.15, 0.2) is 131 Å². The lowest BCUT2D eigenvalue weighted by Crippen LogP contribution is -2.78. The summed E-state index contributed by atoms with van der Waals surface area (Å²) in [6, 6.07) is 35.9. The first kappa shape index (κ1) is 26.5. The molecule has 8 heteroatoms. The first-order chi connectivity index (χ1) is 22.7. The predicted molar refractivity (Wildman–Crippen MR) is 184 cm³/mol. The Kier molecular flexibility index (Phi) is 5.71. The Morgan fingerprint density at radius 2 is 0.978 bits per heavy atom. The lowest BCUT2D eigenvalue weighted by Gasteiger charge is -2.63. The molecule has 4 aromatic carbocycles. The van der Waals surface area contributed by atoms with E-state index in [-0.39, 0.29) is 36.5 Å². The highest BCUT2D eigenvalue weighted by Crippen LogP contribution is 2.55. The van der Waals surface area contributed by atoms with Crippen LogP contribution in [0.25, 0.3) is 0 Å². The Bertz CT molecular complexity index is 1710. The summed E-state index contributed by atoms with van der Waals surface area (Å²) in [6.07, 6.45) is 6.79. The van der Waals surface area contributed by atoms with E-state index in [4.69, 9.17) is 4.74 Å². The Morgan fingerprint density at radius 1 is 0.565 bits per heavy atom. The van der Waals surface area contributed by atoms with Crippen molar-refractivity contribution in [2.45, 2.75) is 73.0 Å². The molecule has 0 bridgehead atoms. The number of fused-ring (bicyclic) bond motifs is 10. The van der Waals surface area contributed by atoms with Gasteiger partial charge in [0.1, 0.15) is 12.3 Å². The van der Waals surface area contributed by atoms with Crippen LogP contribution in [0.5, 0.6) is 11.5 Å². The second-order valence-electron chi connectivity index (χ2n) is 13.1. The Balaban J connectivity index is 1.18. The SMILES string of the molecule is CC1=CNC2C3NC=C(C)N3C3C(N4c5ccccc5Sc5ccccc54)CCC(N4c5ccccc5Oc5ccccc54)C3N12. The molecule has 2 fully saturated rings. The number of rotatable bonds is 2. The predicted octanol–water partition coefficient (Wildman–Crippen LogP) is 7.70. The van der Waals surface area contributed by atoms with Crippen LogP contribution in [0.2, 0.25) is 0 Å². The largest absolute Gasteiger partial charge is 0.453 e. The Hall–Kier alpha value is -4.69. The van der Waals surface area contributed by atoms with E-state index in [2.05, 4.69) is 154 Å². The minimum absolute atomic E-state index is 0.124. The van der Waals surface area contributed by atoms with Crippen LogP contribution in [0.4, 0.5) is 22.7 Å². The fourth-order valence-electron chi connectivity index (χ4n) is 9.07. The van der Waals surface area contributed by atoms with Gasteiger partial charge in [-0.05, 0) is 75.2 Å². The molecule has 4 aromatic rings. The highest BCUT2D eigenvalue weighted by atomic mass is 32.2. The quantitative estimate of drug-likeness (QED) is 0.235. The van der Waals surface area contributed by atoms with E-state index >= 15 is 0 Å². The maximum Gasteiger partial charge on any atom is 0.151 e. The molecule has 5 heterocycles. The van der Waals surface area contributed by atoms with Gasteiger partial charge in [0.05, 0.1) is 46.9 Å². The third-order valence-corrected chi connectivity index (χ3v) is 11.9. The maximum absolute atomic E-state index is 6.50. The van der Waals surface area contributed by atoms with Crippen molar-refractivity contribution in [2.24, 2.45) is 0 Å². The summed E-state index contributed by atoms with van der Waals surface area (Å²) < 4.78 is 6.50. The number of hydrogen-bond donors (Lipinski definition) is 2. The van der Waals surface area contributed by atoms with Gasteiger partial charge < -0.3 is 35.0 Å². The van der Waals surface area contributed by atoms with Gasteiger partial charge in [0, 0.05) is 33.6 Å². The second-order valence-corrected chi connectivity index (χ2v) is 14.2. The minimum Gasteiger partial charge on any atom is -0.453 e. The van der Waals surface area contributed by atoms with Crippen molar-refractivity contribution in [1.82, 2.24) is 20.4 Å². The smallest absolute Gasteiger partial charge is 0.151 e.